The molecule has 29 heavy (non-hydrogen) atoms. The number of aromatic nitrogens is 1. The van der Waals surface area contributed by atoms with Crippen molar-refractivity contribution in [3.05, 3.63) is 60.2 Å². The van der Waals surface area contributed by atoms with E-state index < -0.39 is 5.54 Å². The highest BCUT2D eigenvalue weighted by molar-refractivity contribution is 6.20. The van der Waals surface area contributed by atoms with Gasteiger partial charge in [0.25, 0.3) is 0 Å². The van der Waals surface area contributed by atoms with E-state index in [1.54, 1.807) is 0 Å². The number of nitrogens with zero attached hydrogens (tertiary/aromatic N) is 1. The molecule has 3 N–H and O–H groups in total. The van der Waals surface area contributed by atoms with Crippen LogP contribution in [0, 0.1) is 0 Å². The predicted octanol–water partition coefficient (Wildman–Crippen LogP) is 4.23. The third-order valence-electron chi connectivity index (χ3n) is 6.03. The summed E-state index contributed by atoms with van der Waals surface area (Å²) in [7, 11) is 0. The molecule has 0 fully saturated rings. The lowest BCUT2D eigenvalue weighted by Gasteiger charge is -2.26. The van der Waals surface area contributed by atoms with E-state index in [9.17, 15) is 10.2 Å². The van der Waals surface area contributed by atoms with E-state index in [-0.39, 0.29) is 13.2 Å². The van der Waals surface area contributed by atoms with Crippen LogP contribution in [0.4, 0.5) is 0 Å². The standard InChI is InChI=1S/C25H30N2O2/c1-3-27-22-13-11-19-8-4-5-9-20(19)24(22)21-12-10-18(15-23(21)27)7-6-14-26-25(2,16-28)17-29/h4-5,8-13,15,26,28-29H,3,6-7,14,16-17H2,1-2H3. The fourth-order valence-corrected chi connectivity index (χ4v) is 4.25. The van der Waals surface area contributed by atoms with E-state index in [0.717, 1.165) is 25.9 Å². The average Bonchev–Trinajstić information content (AvgIpc) is 3.09. The van der Waals surface area contributed by atoms with Gasteiger partial charge in [0.05, 0.1) is 18.8 Å². The summed E-state index contributed by atoms with van der Waals surface area (Å²) in [6.07, 6.45) is 1.91. The smallest absolute Gasteiger partial charge is 0.0633 e. The maximum atomic E-state index is 9.40. The van der Waals surface area contributed by atoms with Gasteiger partial charge in [0, 0.05) is 28.4 Å². The summed E-state index contributed by atoms with van der Waals surface area (Å²) >= 11 is 0. The Bertz CT molecular complexity index is 1140. The molecule has 0 amide bonds. The number of aliphatic hydroxyl groups is 2. The van der Waals surface area contributed by atoms with Crippen LogP contribution >= 0.6 is 0 Å². The molecule has 0 atom stereocenters. The molecule has 0 aliphatic carbocycles. The number of hydrogen-bond donors (Lipinski definition) is 3. The summed E-state index contributed by atoms with van der Waals surface area (Å²) in [6.45, 7) is 5.60. The number of hydrogen-bond acceptors (Lipinski definition) is 3. The molecule has 0 saturated carbocycles. The number of rotatable bonds is 8. The fourth-order valence-electron chi connectivity index (χ4n) is 4.25. The zero-order valence-corrected chi connectivity index (χ0v) is 17.3. The van der Waals surface area contributed by atoms with Gasteiger partial charge in [-0.3, -0.25) is 0 Å². The lowest BCUT2D eigenvalue weighted by Crippen LogP contribution is -2.49. The number of aryl methyl sites for hydroxylation is 2. The first-order valence-electron chi connectivity index (χ1n) is 10.5. The van der Waals surface area contributed by atoms with Gasteiger partial charge in [-0.2, -0.15) is 0 Å². The van der Waals surface area contributed by atoms with E-state index >= 15 is 0 Å². The molecule has 4 aromatic rings. The Hall–Kier alpha value is -2.40. The molecule has 0 radical (unpaired) electrons. The van der Waals surface area contributed by atoms with Crippen LogP contribution in [-0.4, -0.2) is 40.1 Å². The maximum absolute atomic E-state index is 9.40. The lowest BCUT2D eigenvalue weighted by atomic mass is 10.0. The number of benzene rings is 3. The first-order chi connectivity index (χ1) is 14.1. The first kappa shape index (κ1) is 19.9. The maximum Gasteiger partial charge on any atom is 0.0633 e. The van der Waals surface area contributed by atoms with E-state index in [2.05, 4.69) is 71.4 Å². The van der Waals surface area contributed by atoms with Gasteiger partial charge >= 0.3 is 0 Å². The van der Waals surface area contributed by atoms with Crippen molar-refractivity contribution in [3.8, 4) is 0 Å². The second kappa shape index (κ2) is 8.15. The van der Waals surface area contributed by atoms with Gasteiger partial charge in [-0.25, -0.2) is 0 Å². The molecule has 0 spiro atoms. The lowest BCUT2D eigenvalue weighted by molar-refractivity contribution is 0.104. The minimum absolute atomic E-state index is 0.0694. The van der Waals surface area contributed by atoms with E-state index in [0.29, 0.717) is 0 Å². The predicted molar refractivity (Wildman–Crippen MR) is 122 cm³/mol. The summed E-state index contributed by atoms with van der Waals surface area (Å²) in [5.74, 6) is 0. The van der Waals surface area contributed by atoms with Crippen molar-refractivity contribution in [2.24, 2.45) is 0 Å². The second-order valence-corrected chi connectivity index (χ2v) is 8.18. The molecule has 4 nitrogen and oxygen atoms in total. The fraction of sp³-hybridized carbons (Fsp3) is 0.360. The molecule has 0 aliphatic heterocycles. The van der Waals surface area contributed by atoms with Crippen molar-refractivity contribution in [1.29, 1.82) is 0 Å². The molecular weight excluding hydrogens is 360 g/mol. The zero-order valence-electron chi connectivity index (χ0n) is 17.3. The van der Waals surface area contributed by atoms with E-state index in [4.69, 9.17) is 0 Å². The Morgan fingerprint density at radius 3 is 2.48 bits per heavy atom. The molecule has 152 valence electrons. The van der Waals surface area contributed by atoms with Crippen LogP contribution in [0.2, 0.25) is 0 Å². The molecular formula is C25H30N2O2. The summed E-state index contributed by atoms with van der Waals surface area (Å²) < 4.78 is 2.41. The van der Waals surface area contributed by atoms with Crippen molar-refractivity contribution in [1.82, 2.24) is 9.88 Å². The Balaban J connectivity index is 1.65. The zero-order chi connectivity index (χ0) is 20.4. The summed E-state index contributed by atoms with van der Waals surface area (Å²) in [6, 6.07) is 19.9. The largest absolute Gasteiger partial charge is 0.394 e. The summed E-state index contributed by atoms with van der Waals surface area (Å²) in [5.41, 5.74) is 3.29. The second-order valence-electron chi connectivity index (χ2n) is 8.18. The number of nitrogens with one attached hydrogen (secondary N) is 1. The van der Waals surface area contributed by atoms with Crippen LogP contribution in [0.25, 0.3) is 32.6 Å². The Labute approximate surface area is 171 Å². The molecule has 0 unspecified atom stereocenters. The monoisotopic (exact) mass is 390 g/mol. The highest BCUT2D eigenvalue weighted by atomic mass is 16.3. The van der Waals surface area contributed by atoms with Gasteiger partial charge in [-0.15, -0.1) is 0 Å². The van der Waals surface area contributed by atoms with Crippen LogP contribution in [0.1, 0.15) is 25.8 Å². The van der Waals surface area contributed by atoms with Gasteiger partial charge in [-0.1, -0.05) is 42.5 Å². The minimum Gasteiger partial charge on any atom is -0.394 e. The first-order valence-corrected chi connectivity index (χ1v) is 10.5. The highest BCUT2D eigenvalue weighted by Crippen LogP contribution is 2.35. The van der Waals surface area contributed by atoms with Gasteiger partial charge < -0.3 is 20.1 Å². The normalized spacial score (nSPS) is 12.4. The molecule has 1 aromatic heterocycles. The Morgan fingerprint density at radius 2 is 1.72 bits per heavy atom. The molecule has 0 bridgehead atoms. The van der Waals surface area contributed by atoms with Gasteiger partial charge in [0.15, 0.2) is 0 Å². The number of aliphatic hydroxyl groups excluding tert-OH is 2. The highest BCUT2D eigenvalue weighted by Gasteiger charge is 2.20. The summed E-state index contributed by atoms with van der Waals surface area (Å²) in [4.78, 5) is 0. The average molecular weight is 391 g/mol. The van der Waals surface area contributed by atoms with E-state index in [1.165, 1.54) is 38.1 Å². The quantitative estimate of drug-likeness (QED) is 0.395. The number of fused-ring (bicyclic) bond motifs is 5. The van der Waals surface area contributed by atoms with Crippen molar-refractivity contribution in [3.63, 3.8) is 0 Å². The van der Waals surface area contributed by atoms with Crippen molar-refractivity contribution in [2.75, 3.05) is 19.8 Å². The van der Waals surface area contributed by atoms with Crippen molar-refractivity contribution >= 4 is 32.6 Å². The van der Waals surface area contributed by atoms with Crippen molar-refractivity contribution < 1.29 is 10.2 Å². The molecule has 4 rings (SSSR count). The minimum atomic E-state index is -0.611. The van der Waals surface area contributed by atoms with Crippen LogP contribution < -0.4 is 5.32 Å². The Morgan fingerprint density at radius 1 is 0.931 bits per heavy atom. The van der Waals surface area contributed by atoms with Gasteiger partial charge in [0.1, 0.15) is 0 Å². The van der Waals surface area contributed by atoms with E-state index in [1.807, 2.05) is 6.92 Å². The molecule has 1 heterocycles. The summed E-state index contributed by atoms with van der Waals surface area (Å²) in [5, 5.41) is 27.3. The third-order valence-corrected chi connectivity index (χ3v) is 6.03. The van der Waals surface area contributed by atoms with Crippen LogP contribution in [-0.2, 0) is 13.0 Å². The van der Waals surface area contributed by atoms with Crippen LogP contribution in [0.5, 0.6) is 0 Å². The molecule has 0 saturated heterocycles. The molecule has 0 aliphatic rings. The van der Waals surface area contributed by atoms with Crippen molar-refractivity contribution in [2.45, 2.75) is 38.8 Å². The van der Waals surface area contributed by atoms with Crippen LogP contribution in [0.3, 0.4) is 0 Å². The Kier molecular flexibility index (Phi) is 5.59. The van der Waals surface area contributed by atoms with Gasteiger partial charge in [-0.05, 0) is 61.7 Å². The third kappa shape index (κ3) is 3.64. The SMILES string of the molecule is CCn1c2cc(CCCNC(C)(CO)CO)ccc2c2c3ccccc3ccc21. The van der Waals surface area contributed by atoms with Gasteiger partial charge in [0.2, 0.25) is 0 Å². The molecule has 4 heteroatoms. The van der Waals surface area contributed by atoms with Crippen LogP contribution in [0.15, 0.2) is 54.6 Å². The molecule has 3 aromatic carbocycles. The topological polar surface area (TPSA) is 57.4 Å².